The molecule has 142 valence electrons. The lowest BCUT2D eigenvalue weighted by Gasteiger charge is -2.57. The fraction of sp³-hybridized carbons (Fsp3) is 0.857. The number of esters is 2. The molecule has 0 aromatic heterocycles. The van der Waals surface area contributed by atoms with E-state index in [0.717, 1.165) is 19.3 Å². The summed E-state index contributed by atoms with van der Waals surface area (Å²) in [7, 11) is 0. The number of carbonyl (C=O) groups is 2. The van der Waals surface area contributed by atoms with E-state index >= 15 is 0 Å². The highest BCUT2D eigenvalue weighted by Crippen LogP contribution is 2.56. The highest BCUT2D eigenvalue weighted by atomic mass is 32.2. The molecule has 0 spiro atoms. The van der Waals surface area contributed by atoms with Crippen LogP contribution < -0.4 is 5.26 Å². The van der Waals surface area contributed by atoms with Crippen molar-refractivity contribution in [2.24, 2.45) is 17.8 Å². The Morgan fingerprint density at radius 1 is 1.24 bits per heavy atom. The summed E-state index contributed by atoms with van der Waals surface area (Å²) < 4.78 is 39.2. The first kappa shape index (κ1) is 18.8. The normalized spacial score (nSPS) is 36.3. The van der Waals surface area contributed by atoms with Gasteiger partial charge in [-0.25, -0.2) is 9.59 Å². The van der Waals surface area contributed by atoms with Crippen LogP contribution in [0.2, 0.25) is 0 Å². The van der Waals surface area contributed by atoms with Crippen LogP contribution in [0.25, 0.3) is 0 Å². The molecule has 0 amide bonds. The summed E-state index contributed by atoms with van der Waals surface area (Å²) in [6.45, 7) is -0.975. The van der Waals surface area contributed by atoms with Crippen molar-refractivity contribution in [3.63, 3.8) is 0 Å². The van der Waals surface area contributed by atoms with Crippen LogP contribution in [-0.2, 0) is 28.4 Å². The molecule has 4 rings (SSSR count). The second-order valence-electron chi connectivity index (χ2n) is 6.96. The molecule has 4 saturated carbocycles. The number of carbonyl (C=O) groups excluding carboxylic acids is 2. The molecule has 2 unspecified atom stereocenters. The maximum Gasteiger partial charge on any atom is 0.415 e. The van der Waals surface area contributed by atoms with E-state index in [-0.39, 0.29) is 11.8 Å². The Balaban J connectivity index is 1.48. The third-order valence-electron chi connectivity index (χ3n) is 5.15. The van der Waals surface area contributed by atoms with Crippen LogP contribution in [0.1, 0.15) is 32.1 Å². The van der Waals surface area contributed by atoms with Crippen molar-refractivity contribution in [2.45, 2.75) is 49.1 Å². The lowest BCUT2D eigenvalue weighted by molar-refractivity contribution is -0.777. The summed E-state index contributed by atoms with van der Waals surface area (Å²) in [5.41, 5.74) is -0.686. The quantitative estimate of drug-likeness (QED) is 0.290. The molecule has 0 aliphatic heterocycles. The van der Waals surface area contributed by atoms with E-state index in [4.69, 9.17) is 4.74 Å². The minimum Gasteiger partial charge on any atom is -0.691 e. The zero-order valence-electron chi connectivity index (χ0n) is 13.0. The summed E-state index contributed by atoms with van der Waals surface area (Å²) in [5.74, 6) is -2.48. The molecule has 0 saturated heterocycles. The van der Waals surface area contributed by atoms with Crippen molar-refractivity contribution < 1.29 is 47.6 Å². The summed E-state index contributed by atoms with van der Waals surface area (Å²) in [6.07, 6.45) is 3.21. The van der Waals surface area contributed by atoms with Crippen molar-refractivity contribution in [3.8, 4) is 0 Å². The Labute approximate surface area is 145 Å². The molecule has 4 fully saturated rings. The van der Waals surface area contributed by atoms with Crippen LogP contribution >= 0.6 is 12.0 Å². The Morgan fingerprint density at radius 2 is 1.88 bits per heavy atom. The van der Waals surface area contributed by atoms with E-state index < -0.39 is 47.5 Å². The highest BCUT2D eigenvalue weighted by Gasteiger charge is 2.56. The largest absolute Gasteiger partial charge is 0.691 e. The molecule has 4 bridgehead atoms. The molecule has 25 heavy (non-hydrogen) atoms. The SMILES string of the molecule is O=C(COC(=O)C(F)(F)SOO[O-])OC1C2CC3CC1CC(O)(C3)C2. The summed E-state index contributed by atoms with van der Waals surface area (Å²) in [5, 5.41) is 18.5. The lowest BCUT2D eigenvalue weighted by Crippen LogP contribution is -2.58. The molecule has 0 heterocycles. The van der Waals surface area contributed by atoms with Crippen LogP contribution in [0, 0.1) is 17.8 Å². The zero-order valence-corrected chi connectivity index (χ0v) is 13.8. The number of ether oxygens (including phenoxy) is 2. The van der Waals surface area contributed by atoms with Gasteiger partial charge >= 0.3 is 17.2 Å². The Morgan fingerprint density at radius 3 is 2.44 bits per heavy atom. The van der Waals surface area contributed by atoms with E-state index in [2.05, 4.69) is 14.1 Å². The number of hydrogen-bond acceptors (Lipinski definition) is 9. The van der Waals surface area contributed by atoms with Gasteiger partial charge in [0.15, 0.2) is 6.61 Å². The van der Waals surface area contributed by atoms with Crippen molar-refractivity contribution in [1.29, 1.82) is 0 Å². The van der Waals surface area contributed by atoms with Gasteiger partial charge < -0.3 is 19.8 Å². The number of halogens is 2. The second-order valence-corrected chi connectivity index (χ2v) is 7.78. The molecule has 4 aliphatic rings. The Kier molecular flexibility index (Phi) is 5.22. The Bertz CT molecular complexity index is 529. The Hall–Kier alpha value is -1.01. The standard InChI is InChI=1S/C14H18F2O8S/c15-14(16,25-24-23-20)12(18)21-6-10(17)22-11-8-1-7-2-9(11)5-13(19,3-7)4-8/h7-9,11,19-20H,1-6H2/p-1. The average molecular weight is 383 g/mol. The molecule has 8 nitrogen and oxygen atoms in total. The molecule has 0 radical (unpaired) electrons. The third-order valence-corrected chi connectivity index (χ3v) is 5.65. The van der Waals surface area contributed by atoms with Crippen LogP contribution in [0.3, 0.4) is 0 Å². The molecular formula is C14H17F2O8S-. The molecular weight excluding hydrogens is 366 g/mol. The van der Waals surface area contributed by atoms with Crippen LogP contribution in [0.5, 0.6) is 0 Å². The van der Waals surface area contributed by atoms with E-state index in [0.29, 0.717) is 18.8 Å². The fourth-order valence-corrected chi connectivity index (χ4v) is 4.85. The molecule has 11 heteroatoms. The van der Waals surface area contributed by atoms with Gasteiger partial charge in [-0.05, 0) is 49.9 Å². The molecule has 2 atom stereocenters. The van der Waals surface area contributed by atoms with E-state index in [1.807, 2.05) is 0 Å². The van der Waals surface area contributed by atoms with Crippen molar-refractivity contribution >= 4 is 24.0 Å². The first-order chi connectivity index (χ1) is 11.7. The highest BCUT2D eigenvalue weighted by molar-refractivity contribution is 7.96. The summed E-state index contributed by atoms with van der Waals surface area (Å²) in [6, 6.07) is 0. The van der Waals surface area contributed by atoms with Gasteiger partial charge in [0.25, 0.3) is 0 Å². The van der Waals surface area contributed by atoms with Crippen molar-refractivity contribution in [1.82, 2.24) is 0 Å². The number of hydrogen-bond donors (Lipinski definition) is 1. The maximum atomic E-state index is 13.2. The molecule has 0 aromatic carbocycles. The van der Waals surface area contributed by atoms with Crippen LogP contribution in [0.15, 0.2) is 0 Å². The van der Waals surface area contributed by atoms with E-state index in [9.17, 15) is 28.7 Å². The summed E-state index contributed by atoms with van der Waals surface area (Å²) >= 11 is -0.830. The van der Waals surface area contributed by atoms with Gasteiger partial charge in [-0.2, -0.15) is 13.1 Å². The number of rotatable bonds is 7. The number of aliphatic hydroxyl groups is 1. The predicted molar refractivity (Wildman–Crippen MR) is 74.1 cm³/mol. The summed E-state index contributed by atoms with van der Waals surface area (Å²) in [4.78, 5) is 23.0. The number of alkyl halides is 2. The predicted octanol–water partition coefficient (Wildman–Crippen LogP) is 0.477. The average Bonchev–Trinajstić information content (AvgIpc) is 2.52. The molecule has 0 aromatic rings. The zero-order chi connectivity index (χ0) is 18.2. The first-order valence-electron chi connectivity index (χ1n) is 7.84. The van der Waals surface area contributed by atoms with E-state index in [1.165, 1.54) is 0 Å². The monoisotopic (exact) mass is 383 g/mol. The topological polar surface area (TPSA) is 114 Å². The minimum atomic E-state index is -4.20. The molecule has 4 aliphatic carbocycles. The fourth-order valence-electron chi connectivity index (χ4n) is 4.61. The third kappa shape index (κ3) is 4.05. The van der Waals surface area contributed by atoms with Crippen molar-refractivity contribution in [3.05, 3.63) is 0 Å². The lowest BCUT2D eigenvalue weighted by atomic mass is 9.53. The smallest absolute Gasteiger partial charge is 0.415 e. The minimum absolute atomic E-state index is 0.0375. The first-order valence-corrected chi connectivity index (χ1v) is 8.58. The molecule has 1 N–H and O–H groups in total. The van der Waals surface area contributed by atoms with Crippen molar-refractivity contribution in [2.75, 3.05) is 6.61 Å². The van der Waals surface area contributed by atoms with E-state index in [1.54, 1.807) is 0 Å². The van der Waals surface area contributed by atoms with Gasteiger partial charge in [0.05, 0.1) is 5.60 Å². The van der Waals surface area contributed by atoms with Gasteiger partial charge in [0.1, 0.15) is 18.1 Å². The van der Waals surface area contributed by atoms with Crippen LogP contribution in [-0.4, -0.2) is 40.6 Å². The van der Waals surface area contributed by atoms with Gasteiger partial charge in [-0.1, -0.05) is 0 Å². The van der Waals surface area contributed by atoms with Gasteiger partial charge in [0, 0.05) is 0 Å². The van der Waals surface area contributed by atoms with Gasteiger partial charge in [-0.15, -0.1) is 0 Å². The second kappa shape index (κ2) is 6.95. The van der Waals surface area contributed by atoms with Gasteiger partial charge in [0.2, 0.25) is 0 Å². The maximum absolute atomic E-state index is 13.2. The van der Waals surface area contributed by atoms with Gasteiger partial charge in [-0.3, -0.25) is 5.04 Å². The van der Waals surface area contributed by atoms with Crippen LogP contribution in [0.4, 0.5) is 8.78 Å².